The number of anilines is 2. The Morgan fingerprint density at radius 2 is 1.68 bits per heavy atom. The maximum atomic E-state index is 13.5. The van der Waals surface area contributed by atoms with Gasteiger partial charge in [0.15, 0.2) is 0 Å². The molecular weight excluding hydrogens is 485 g/mol. The summed E-state index contributed by atoms with van der Waals surface area (Å²) in [5.41, 5.74) is 3.97. The quantitative estimate of drug-likeness (QED) is 0.400. The first-order chi connectivity index (χ1) is 17.7. The van der Waals surface area contributed by atoms with Gasteiger partial charge in [-0.25, -0.2) is 0 Å². The van der Waals surface area contributed by atoms with E-state index in [2.05, 4.69) is 15.2 Å². The van der Waals surface area contributed by atoms with E-state index in [9.17, 15) is 22.8 Å². The van der Waals surface area contributed by atoms with Gasteiger partial charge in [0.25, 0.3) is 11.8 Å². The van der Waals surface area contributed by atoms with Crippen LogP contribution < -0.4 is 15.0 Å². The molecule has 3 aromatic carbocycles. The molecule has 0 aliphatic carbocycles. The van der Waals surface area contributed by atoms with Gasteiger partial charge in [-0.1, -0.05) is 30.3 Å². The summed E-state index contributed by atoms with van der Waals surface area (Å²) in [7, 11) is 1.86. The van der Waals surface area contributed by atoms with Crippen LogP contribution in [-0.4, -0.2) is 34.5 Å². The first-order valence-electron chi connectivity index (χ1n) is 11.4. The molecule has 0 saturated heterocycles. The number of hydrogen-bond donors (Lipinski definition) is 1. The lowest BCUT2D eigenvalue weighted by molar-refractivity contribution is -0.274. The molecule has 7 nitrogen and oxygen atoms in total. The second kappa shape index (κ2) is 9.45. The van der Waals surface area contributed by atoms with Gasteiger partial charge in [0.2, 0.25) is 0 Å². The zero-order valence-corrected chi connectivity index (χ0v) is 19.6. The van der Waals surface area contributed by atoms with E-state index >= 15 is 0 Å². The van der Waals surface area contributed by atoms with Crippen LogP contribution >= 0.6 is 0 Å². The molecule has 37 heavy (non-hydrogen) atoms. The van der Waals surface area contributed by atoms with E-state index in [4.69, 9.17) is 0 Å². The van der Waals surface area contributed by atoms with E-state index in [1.807, 2.05) is 37.5 Å². The summed E-state index contributed by atoms with van der Waals surface area (Å²) in [6, 6.07) is 18.8. The third-order valence-corrected chi connectivity index (χ3v) is 5.95. The summed E-state index contributed by atoms with van der Waals surface area (Å²) < 4.78 is 43.8. The van der Waals surface area contributed by atoms with Crippen LogP contribution in [0.1, 0.15) is 26.3 Å². The van der Waals surface area contributed by atoms with Crippen molar-refractivity contribution in [1.29, 1.82) is 0 Å². The van der Waals surface area contributed by atoms with Gasteiger partial charge in [0, 0.05) is 36.6 Å². The van der Waals surface area contributed by atoms with Crippen LogP contribution in [-0.2, 0) is 13.5 Å². The highest BCUT2D eigenvalue weighted by Crippen LogP contribution is 2.36. The van der Waals surface area contributed by atoms with E-state index in [0.717, 1.165) is 28.6 Å². The minimum Gasteiger partial charge on any atom is -0.405 e. The number of fused-ring (bicyclic) bond motifs is 3. The van der Waals surface area contributed by atoms with Crippen molar-refractivity contribution in [2.45, 2.75) is 12.8 Å². The van der Waals surface area contributed by atoms with Crippen molar-refractivity contribution in [3.8, 4) is 17.0 Å². The minimum atomic E-state index is -4.93. The van der Waals surface area contributed by atoms with Crippen LogP contribution in [0.25, 0.3) is 11.3 Å². The van der Waals surface area contributed by atoms with Crippen LogP contribution in [0.2, 0.25) is 0 Å². The van der Waals surface area contributed by atoms with Crippen molar-refractivity contribution in [2.24, 2.45) is 7.05 Å². The number of hydrogen-bond acceptors (Lipinski definition) is 4. The number of benzene rings is 3. The number of nitrogens with one attached hydrogen (secondary N) is 1. The molecule has 0 atom stereocenters. The summed E-state index contributed by atoms with van der Waals surface area (Å²) in [6.45, 7) is 0.461. The molecule has 0 bridgehead atoms. The summed E-state index contributed by atoms with van der Waals surface area (Å²) in [5.74, 6) is -1.59. The molecule has 5 rings (SSSR count). The smallest absolute Gasteiger partial charge is 0.405 e. The van der Waals surface area contributed by atoms with E-state index in [0.29, 0.717) is 24.2 Å². The molecule has 1 N–H and O–H groups in total. The maximum absolute atomic E-state index is 13.5. The highest BCUT2D eigenvalue weighted by molar-refractivity contribution is 6.09. The number of rotatable bonds is 4. The van der Waals surface area contributed by atoms with E-state index in [1.54, 1.807) is 21.7 Å². The summed E-state index contributed by atoms with van der Waals surface area (Å²) in [5, 5.41) is 7.12. The molecule has 0 radical (unpaired) electrons. The Hall–Kier alpha value is -4.60. The van der Waals surface area contributed by atoms with Gasteiger partial charge in [0.1, 0.15) is 5.75 Å². The van der Waals surface area contributed by atoms with Gasteiger partial charge in [-0.2, -0.15) is 5.10 Å². The fourth-order valence-corrected chi connectivity index (χ4v) is 4.34. The molecule has 0 saturated carbocycles. The number of carbonyl (C=O) groups is 2. The molecule has 4 aromatic rings. The second-order valence-electron chi connectivity index (χ2n) is 8.48. The molecule has 1 aromatic heterocycles. The van der Waals surface area contributed by atoms with Crippen LogP contribution in [0.5, 0.6) is 5.75 Å². The van der Waals surface area contributed by atoms with Crippen molar-refractivity contribution in [3.05, 3.63) is 95.7 Å². The average Bonchev–Trinajstić information content (AvgIpc) is 3.17. The lowest BCUT2D eigenvalue weighted by atomic mass is 10.1. The summed E-state index contributed by atoms with van der Waals surface area (Å²) in [4.78, 5) is 27.8. The fourth-order valence-electron chi connectivity index (χ4n) is 4.34. The molecule has 1 aliphatic heterocycles. The maximum Gasteiger partial charge on any atom is 0.573 e. The topological polar surface area (TPSA) is 76.5 Å². The molecule has 188 valence electrons. The van der Waals surface area contributed by atoms with Crippen LogP contribution in [0.4, 0.5) is 24.5 Å². The Morgan fingerprint density at radius 3 is 2.43 bits per heavy atom. The van der Waals surface area contributed by atoms with Gasteiger partial charge in [-0.3, -0.25) is 14.3 Å². The number of para-hydroxylation sites is 2. The summed E-state index contributed by atoms with van der Waals surface area (Å²) >= 11 is 0. The monoisotopic (exact) mass is 506 g/mol. The van der Waals surface area contributed by atoms with Gasteiger partial charge < -0.3 is 15.0 Å². The summed E-state index contributed by atoms with van der Waals surface area (Å²) in [6.07, 6.45) is -2.34. The number of alkyl halides is 3. The van der Waals surface area contributed by atoms with Crippen molar-refractivity contribution < 1.29 is 27.5 Å². The lowest BCUT2D eigenvalue weighted by Gasteiger charge is -2.23. The minimum absolute atomic E-state index is 0.219. The Morgan fingerprint density at radius 1 is 0.973 bits per heavy atom. The predicted molar refractivity (Wildman–Crippen MR) is 132 cm³/mol. The number of halogens is 3. The van der Waals surface area contributed by atoms with Gasteiger partial charge in [-0.15, -0.1) is 13.2 Å². The third kappa shape index (κ3) is 5.04. The highest BCUT2D eigenvalue weighted by atomic mass is 19.4. The highest BCUT2D eigenvalue weighted by Gasteiger charge is 2.33. The number of nitrogens with zero attached hydrogens (tertiary/aromatic N) is 3. The first-order valence-corrected chi connectivity index (χ1v) is 11.4. The van der Waals surface area contributed by atoms with E-state index in [1.165, 1.54) is 30.3 Å². The fraction of sp³-hybridized carbons (Fsp3) is 0.148. The van der Waals surface area contributed by atoms with Gasteiger partial charge in [-0.05, 0) is 54.4 Å². The normalized spacial score (nSPS) is 12.8. The SMILES string of the molecule is Cn1cc2c(n1)-c1ccccc1N(C(=O)c1ccc(NC(=O)c3ccccc3OC(F)(F)F)cc1)CC2. The van der Waals surface area contributed by atoms with E-state index in [-0.39, 0.29) is 11.5 Å². The predicted octanol–water partition coefficient (Wildman–Crippen LogP) is 5.44. The number of aryl methyl sites for hydroxylation is 1. The average molecular weight is 506 g/mol. The molecular formula is C27H21F3N4O3. The Kier molecular flexibility index (Phi) is 6.16. The van der Waals surface area contributed by atoms with Crippen molar-refractivity contribution in [2.75, 3.05) is 16.8 Å². The second-order valence-corrected chi connectivity index (χ2v) is 8.48. The van der Waals surface area contributed by atoms with Crippen molar-refractivity contribution in [1.82, 2.24) is 9.78 Å². The standard InChI is InChI=1S/C27H21F3N4O3/c1-33-16-18-14-15-34(22-8-4-2-6-20(22)24(18)32-33)26(36)17-10-12-19(13-11-17)31-25(35)21-7-3-5-9-23(21)37-27(28,29)30/h2-13,16H,14-15H2,1H3,(H,31,35). The molecule has 0 spiro atoms. The Balaban J connectivity index is 1.35. The number of carbonyl (C=O) groups excluding carboxylic acids is 2. The molecule has 0 fully saturated rings. The Labute approximate surface area is 210 Å². The van der Waals surface area contributed by atoms with Crippen LogP contribution in [0.15, 0.2) is 79.0 Å². The van der Waals surface area contributed by atoms with Crippen LogP contribution in [0, 0.1) is 0 Å². The van der Waals surface area contributed by atoms with Crippen molar-refractivity contribution >= 4 is 23.2 Å². The van der Waals surface area contributed by atoms with Crippen LogP contribution in [0.3, 0.4) is 0 Å². The molecule has 2 amide bonds. The van der Waals surface area contributed by atoms with Crippen molar-refractivity contribution in [3.63, 3.8) is 0 Å². The zero-order valence-electron chi connectivity index (χ0n) is 19.6. The van der Waals surface area contributed by atoms with Gasteiger partial charge in [0.05, 0.1) is 16.9 Å². The van der Waals surface area contributed by atoms with Gasteiger partial charge >= 0.3 is 6.36 Å². The molecule has 10 heteroatoms. The first kappa shape index (κ1) is 24.1. The molecule has 1 aliphatic rings. The zero-order chi connectivity index (χ0) is 26.2. The third-order valence-electron chi connectivity index (χ3n) is 5.95. The van der Waals surface area contributed by atoms with E-state index < -0.39 is 18.0 Å². The molecule has 2 heterocycles. The number of aromatic nitrogens is 2. The molecule has 0 unspecified atom stereocenters. The number of ether oxygens (including phenoxy) is 1. The largest absolute Gasteiger partial charge is 0.573 e. The lowest BCUT2D eigenvalue weighted by Crippen LogP contribution is -2.32. The Bertz CT molecular complexity index is 1480. The number of amides is 2.